The number of esters is 1. The van der Waals surface area contributed by atoms with Crippen molar-refractivity contribution in [1.82, 2.24) is 4.90 Å². The van der Waals surface area contributed by atoms with Gasteiger partial charge in [0.1, 0.15) is 11.3 Å². The monoisotopic (exact) mass is 373 g/mol. The van der Waals surface area contributed by atoms with E-state index in [1.54, 1.807) is 11.8 Å². The molecule has 0 bridgehead atoms. The maximum absolute atomic E-state index is 13.2. The summed E-state index contributed by atoms with van der Waals surface area (Å²) >= 11 is 0. The molecule has 2 saturated carbocycles. The van der Waals surface area contributed by atoms with Crippen LogP contribution in [0.1, 0.15) is 67.1 Å². The van der Waals surface area contributed by atoms with Gasteiger partial charge in [0.25, 0.3) is 5.91 Å². The zero-order valence-corrected chi connectivity index (χ0v) is 16.5. The minimum Gasteiger partial charge on any atom is -0.469 e. The Hall–Kier alpha value is -2.11. The van der Waals surface area contributed by atoms with Crippen molar-refractivity contribution in [2.45, 2.75) is 52.4 Å². The minimum absolute atomic E-state index is 0.0307. The van der Waals surface area contributed by atoms with Gasteiger partial charge in [-0.05, 0) is 49.1 Å². The SMILES string of the molecule is COC(=O)[C@@]12CN(C(=O)c3c(C)cc(C4CCC4)oc3=O)C[C@@H]1C(C)(C)C2. The number of carbonyl (C=O) groups excluding carboxylic acids is 2. The van der Waals surface area contributed by atoms with Gasteiger partial charge in [-0.15, -0.1) is 0 Å². The van der Waals surface area contributed by atoms with Crippen molar-refractivity contribution in [2.24, 2.45) is 16.7 Å². The molecule has 1 aliphatic heterocycles. The van der Waals surface area contributed by atoms with Gasteiger partial charge in [-0.1, -0.05) is 20.3 Å². The third-order valence-electron chi connectivity index (χ3n) is 7.03. The predicted octanol–water partition coefficient (Wildman–Crippen LogP) is 2.88. The van der Waals surface area contributed by atoms with Crippen LogP contribution in [-0.2, 0) is 9.53 Å². The van der Waals surface area contributed by atoms with Crippen molar-refractivity contribution in [3.05, 3.63) is 33.4 Å². The van der Waals surface area contributed by atoms with Gasteiger partial charge in [-0.25, -0.2) is 4.79 Å². The van der Waals surface area contributed by atoms with Gasteiger partial charge in [0, 0.05) is 19.0 Å². The summed E-state index contributed by atoms with van der Waals surface area (Å²) < 4.78 is 10.5. The van der Waals surface area contributed by atoms with Crippen LogP contribution in [0.3, 0.4) is 0 Å². The Balaban J connectivity index is 1.62. The molecule has 1 aromatic rings. The maximum Gasteiger partial charge on any atom is 0.349 e. The second-order valence-electron chi connectivity index (χ2n) is 9.17. The number of fused-ring (bicyclic) bond motifs is 1. The molecule has 6 heteroatoms. The molecule has 0 aromatic carbocycles. The number of ether oxygens (including phenoxy) is 1. The fourth-order valence-electron chi connectivity index (χ4n) is 5.47. The first-order valence-electron chi connectivity index (χ1n) is 9.72. The van der Waals surface area contributed by atoms with Crippen LogP contribution >= 0.6 is 0 Å². The summed E-state index contributed by atoms with van der Waals surface area (Å²) in [6.07, 6.45) is 3.89. The average Bonchev–Trinajstić information content (AvgIpc) is 2.87. The van der Waals surface area contributed by atoms with Crippen LogP contribution in [0, 0.1) is 23.7 Å². The van der Waals surface area contributed by atoms with Crippen molar-refractivity contribution in [2.75, 3.05) is 20.2 Å². The molecule has 1 aromatic heterocycles. The Morgan fingerprint density at radius 3 is 2.52 bits per heavy atom. The lowest BCUT2D eigenvalue weighted by atomic mass is 9.48. The number of methoxy groups -OCH3 is 1. The lowest BCUT2D eigenvalue weighted by molar-refractivity contribution is -0.174. The van der Waals surface area contributed by atoms with Crippen LogP contribution in [0.2, 0.25) is 0 Å². The van der Waals surface area contributed by atoms with Crippen LogP contribution in [-0.4, -0.2) is 37.0 Å². The normalized spacial score (nSPS) is 28.9. The van der Waals surface area contributed by atoms with E-state index in [2.05, 4.69) is 13.8 Å². The summed E-state index contributed by atoms with van der Waals surface area (Å²) in [4.78, 5) is 39.8. The highest BCUT2D eigenvalue weighted by Gasteiger charge is 2.68. The van der Waals surface area contributed by atoms with E-state index in [0.717, 1.165) is 19.3 Å². The van der Waals surface area contributed by atoms with Gasteiger partial charge in [0.05, 0.1) is 12.5 Å². The number of likely N-dealkylation sites (tertiary alicyclic amines) is 1. The molecule has 6 nitrogen and oxygen atoms in total. The molecule has 2 aliphatic carbocycles. The molecule has 1 saturated heterocycles. The van der Waals surface area contributed by atoms with Crippen molar-refractivity contribution >= 4 is 11.9 Å². The summed E-state index contributed by atoms with van der Waals surface area (Å²) in [6, 6.07) is 1.84. The first-order chi connectivity index (χ1) is 12.7. The first kappa shape index (κ1) is 18.3. The van der Waals surface area contributed by atoms with Crippen molar-refractivity contribution in [3.8, 4) is 0 Å². The van der Waals surface area contributed by atoms with Crippen molar-refractivity contribution in [1.29, 1.82) is 0 Å². The Kier molecular flexibility index (Phi) is 4.02. The number of carbonyl (C=O) groups is 2. The van der Waals surface area contributed by atoms with Crippen molar-refractivity contribution < 1.29 is 18.7 Å². The van der Waals surface area contributed by atoms with E-state index in [4.69, 9.17) is 9.15 Å². The Morgan fingerprint density at radius 2 is 2.00 bits per heavy atom. The average molecular weight is 373 g/mol. The Morgan fingerprint density at radius 1 is 1.30 bits per heavy atom. The number of rotatable bonds is 3. The molecule has 27 heavy (non-hydrogen) atoms. The molecule has 3 fully saturated rings. The van der Waals surface area contributed by atoms with Gasteiger partial charge < -0.3 is 14.1 Å². The highest BCUT2D eigenvalue weighted by atomic mass is 16.5. The van der Waals surface area contributed by atoms with Crippen molar-refractivity contribution in [3.63, 3.8) is 0 Å². The number of aryl methyl sites for hydroxylation is 1. The van der Waals surface area contributed by atoms with Gasteiger partial charge in [0.2, 0.25) is 0 Å². The lowest BCUT2D eigenvalue weighted by Gasteiger charge is -2.54. The second kappa shape index (κ2) is 5.94. The van der Waals surface area contributed by atoms with Crippen LogP contribution in [0.15, 0.2) is 15.3 Å². The van der Waals surface area contributed by atoms with Crippen LogP contribution in [0.25, 0.3) is 0 Å². The third-order valence-corrected chi connectivity index (χ3v) is 7.03. The summed E-state index contributed by atoms with van der Waals surface area (Å²) in [5, 5.41) is 0. The fraction of sp³-hybridized carbons (Fsp3) is 0.667. The lowest BCUT2D eigenvalue weighted by Crippen LogP contribution is -2.57. The molecule has 3 aliphatic rings. The predicted molar refractivity (Wildman–Crippen MR) is 98.5 cm³/mol. The summed E-state index contributed by atoms with van der Waals surface area (Å²) in [5.74, 6) is 0.435. The second-order valence-corrected chi connectivity index (χ2v) is 9.17. The maximum atomic E-state index is 13.2. The summed E-state index contributed by atoms with van der Waals surface area (Å²) in [5.41, 5.74) is -0.487. The highest BCUT2D eigenvalue weighted by Crippen LogP contribution is 2.63. The van der Waals surface area contributed by atoms with Crippen LogP contribution in [0.5, 0.6) is 0 Å². The topological polar surface area (TPSA) is 76.8 Å². The quantitative estimate of drug-likeness (QED) is 0.762. The largest absolute Gasteiger partial charge is 0.469 e. The number of amides is 1. The molecule has 0 spiro atoms. The molecule has 0 radical (unpaired) electrons. The van der Waals surface area contributed by atoms with Crippen LogP contribution < -0.4 is 5.63 Å². The molecule has 2 atom stereocenters. The highest BCUT2D eigenvalue weighted by molar-refractivity contribution is 5.96. The molecule has 1 amide bonds. The van der Waals surface area contributed by atoms with E-state index >= 15 is 0 Å². The molecule has 4 rings (SSSR count). The zero-order valence-electron chi connectivity index (χ0n) is 16.5. The summed E-state index contributed by atoms with van der Waals surface area (Å²) in [7, 11) is 1.39. The minimum atomic E-state index is -0.645. The Bertz CT molecular complexity index is 866. The van der Waals surface area contributed by atoms with Gasteiger partial charge in [0.15, 0.2) is 0 Å². The van der Waals surface area contributed by atoms with E-state index < -0.39 is 11.0 Å². The molecular weight excluding hydrogens is 346 g/mol. The fourth-order valence-corrected chi connectivity index (χ4v) is 5.47. The van der Waals surface area contributed by atoms with Crippen LogP contribution in [0.4, 0.5) is 0 Å². The van der Waals surface area contributed by atoms with Gasteiger partial charge >= 0.3 is 11.6 Å². The third kappa shape index (κ3) is 2.56. The van der Waals surface area contributed by atoms with E-state index in [1.165, 1.54) is 7.11 Å². The molecular formula is C21H27NO5. The van der Waals surface area contributed by atoms with E-state index in [0.29, 0.717) is 36.8 Å². The molecule has 0 unspecified atom stereocenters. The van der Waals surface area contributed by atoms with Gasteiger partial charge in [-0.3, -0.25) is 9.59 Å². The van der Waals surface area contributed by atoms with Gasteiger partial charge in [-0.2, -0.15) is 0 Å². The standard InChI is InChI=1S/C21H27NO5/c1-12-8-14(13-6-5-7-13)27-18(24)16(12)17(23)22-9-15-20(2,3)10-21(15,11-22)19(25)26-4/h8,13,15H,5-7,9-11H2,1-4H3/t15-,21+/m1/s1. The first-order valence-corrected chi connectivity index (χ1v) is 9.72. The molecule has 2 heterocycles. The molecule has 146 valence electrons. The number of hydrogen-bond acceptors (Lipinski definition) is 5. The van der Waals surface area contributed by atoms with E-state index in [9.17, 15) is 14.4 Å². The number of hydrogen-bond donors (Lipinski definition) is 0. The summed E-state index contributed by atoms with van der Waals surface area (Å²) in [6.45, 7) is 6.77. The molecule has 0 N–H and O–H groups in total. The van der Waals surface area contributed by atoms with E-state index in [1.807, 2.05) is 6.07 Å². The van der Waals surface area contributed by atoms with E-state index in [-0.39, 0.29) is 28.8 Å². The smallest absolute Gasteiger partial charge is 0.349 e. The zero-order chi connectivity index (χ0) is 19.6. The Labute approximate surface area is 158 Å². The number of nitrogens with zero attached hydrogens (tertiary/aromatic N) is 1.